The van der Waals surface area contributed by atoms with Gasteiger partial charge in [-0.2, -0.15) is 12.7 Å². The second-order valence-electron chi connectivity index (χ2n) is 7.69. The molecule has 26 heavy (non-hydrogen) atoms. The van der Waals surface area contributed by atoms with Crippen LogP contribution < -0.4 is 14.9 Å². The predicted octanol–water partition coefficient (Wildman–Crippen LogP) is 0.586. The zero-order valence-electron chi connectivity index (χ0n) is 15.5. The number of aromatic nitrogens is 1. The Morgan fingerprint density at radius 2 is 2.04 bits per heavy atom. The van der Waals surface area contributed by atoms with Crippen LogP contribution in [0, 0.1) is 5.92 Å². The van der Waals surface area contributed by atoms with Crippen LogP contribution in [0.25, 0.3) is 0 Å². The molecule has 2 aliphatic heterocycles. The predicted molar refractivity (Wildman–Crippen MR) is 100 cm³/mol. The number of piperazine rings is 1. The van der Waals surface area contributed by atoms with Gasteiger partial charge in [0.05, 0.1) is 5.56 Å². The zero-order valence-corrected chi connectivity index (χ0v) is 16.3. The summed E-state index contributed by atoms with van der Waals surface area (Å²) in [5.41, 5.74) is 0.147. The Kier molecular flexibility index (Phi) is 5.23. The van der Waals surface area contributed by atoms with Crippen molar-refractivity contribution < 1.29 is 13.2 Å². The van der Waals surface area contributed by atoms with Crippen LogP contribution in [0.15, 0.2) is 18.3 Å². The average molecular weight is 382 g/mol. The summed E-state index contributed by atoms with van der Waals surface area (Å²) in [4.78, 5) is 19.3. The minimum Gasteiger partial charge on any atom is -0.351 e. The van der Waals surface area contributed by atoms with Crippen LogP contribution in [0.4, 0.5) is 5.82 Å². The van der Waals surface area contributed by atoms with E-state index in [4.69, 9.17) is 0 Å². The first-order valence-electron chi connectivity index (χ1n) is 8.96. The van der Waals surface area contributed by atoms with Crippen molar-refractivity contribution in [1.29, 1.82) is 0 Å². The Labute approximate surface area is 155 Å². The number of nitrogens with zero attached hydrogens (tertiary/aromatic N) is 3. The fourth-order valence-corrected chi connectivity index (χ4v) is 5.01. The van der Waals surface area contributed by atoms with Crippen molar-refractivity contribution in [2.75, 3.05) is 37.6 Å². The van der Waals surface area contributed by atoms with Gasteiger partial charge in [-0.1, -0.05) is 6.92 Å². The van der Waals surface area contributed by atoms with Crippen LogP contribution in [0.5, 0.6) is 0 Å². The van der Waals surface area contributed by atoms with Crippen molar-refractivity contribution in [3.63, 3.8) is 0 Å². The smallest absolute Gasteiger partial charge is 0.304 e. The quantitative estimate of drug-likeness (QED) is 0.793. The third-order valence-electron chi connectivity index (χ3n) is 5.00. The summed E-state index contributed by atoms with van der Waals surface area (Å²) in [5.74, 6) is 0.379. The lowest BCUT2D eigenvalue weighted by molar-refractivity contribution is 0.0979. The second kappa shape index (κ2) is 7.13. The van der Waals surface area contributed by atoms with Gasteiger partial charge in [0.1, 0.15) is 5.82 Å². The van der Waals surface area contributed by atoms with E-state index in [-0.39, 0.29) is 11.1 Å². The van der Waals surface area contributed by atoms with Gasteiger partial charge < -0.3 is 10.2 Å². The van der Waals surface area contributed by atoms with Crippen molar-refractivity contribution in [3.8, 4) is 0 Å². The third kappa shape index (κ3) is 3.84. The first-order chi connectivity index (χ1) is 12.2. The maximum atomic E-state index is 12.8. The molecule has 144 valence electrons. The molecule has 0 aromatic carbocycles. The molecule has 1 aromatic rings. The largest absolute Gasteiger partial charge is 0.351 e. The number of hydrogen-bond donors (Lipinski definition) is 2. The molecule has 1 amide bonds. The van der Waals surface area contributed by atoms with E-state index < -0.39 is 16.1 Å². The number of amides is 1. The molecule has 0 unspecified atom stereocenters. The number of anilines is 1. The Morgan fingerprint density at radius 1 is 1.35 bits per heavy atom. The summed E-state index contributed by atoms with van der Waals surface area (Å²) < 4.78 is 28.5. The van der Waals surface area contributed by atoms with Gasteiger partial charge in [-0.05, 0) is 38.3 Å². The highest BCUT2D eigenvalue weighted by Crippen LogP contribution is 2.37. The molecule has 1 atom stereocenters. The minimum absolute atomic E-state index is 0.139. The minimum atomic E-state index is -3.86. The van der Waals surface area contributed by atoms with E-state index in [1.165, 1.54) is 4.31 Å². The van der Waals surface area contributed by atoms with Gasteiger partial charge in [0.15, 0.2) is 0 Å². The van der Waals surface area contributed by atoms with Gasteiger partial charge in [0.2, 0.25) is 0 Å². The zero-order chi connectivity index (χ0) is 18.9. The van der Waals surface area contributed by atoms with Gasteiger partial charge in [-0.25, -0.2) is 9.71 Å². The van der Waals surface area contributed by atoms with Crippen LogP contribution in [0.2, 0.25) is 0 Å². The fraction of sp³-hybridized carbons (Fsp3) is 0.647. The van der Waals surface area contributed by atoms with Crippen LogP contribution in [0.1, 0.15) is 37.6 Å². The Morgan fingerprint density at radius 3 is 2.65 bits per heavy atom. The van der Waals surface area contributed by atoms with E-state index in [2.05, 4.69) is 40.7 Å². The molecule has 3 rings (SSSR count). The van der Waals surface area contributed by atoms with Gasteiger partial charge in [-0.15, -0.1) is 0 Å². The first kappa shape index (κ1) is 19.1. The van der Waals surface area contributed by atoms with E-state index in [1.54, 1.807) is 18.3 Å². The van der Waals surface area contributed by atoms with E-state index >= 15 is 0 Å². The van der Waals surface area contributed by atoms with E-state index in [0.717, 1.165) is 13.0 Å². The second-order valence-corrected chi connectivity index (χ2v) is 9.36. The topological polar surface area (TPSA) is 94.6 Å². The van der Waals surface area contributed by atoms with Crippen molar-refractivity contribution in [1.82, 2.24) is 19.3 Å². The number of carbonyl (C=O) groups excluding carboxylic acids is 1. The van der Waals surface area contributed by atoms with Gasteiger partial charge >= 0.3 is 10.2 Å². The molecular formula is C17H27N5O3S. The van der Waals surface area contributed by atoms with Crippen LogP contribution in [-0.2, 0) is 10.2 Å². The lowest BCUT2D eigenvalue weighted by Gasteiger charge is -2.33. The van der Waals surface area contributed by atoms with E-state index in [0.29, 0.717) is 37.9 Å². The summed E-state index contributed by atoms with van der Waals surface area (Å²) in [5, 5.41) is 3.10. The molecule has 2 saturated heterocycles. The monoisotopic (exact) mass is 381 g/mol. The molecule has 0 bridgehead atoms. The highest BCUT2D eigenvalue weighted by Gasteiger charge is 2.39. The Hall–Kier alpha value is -1.71. The number of nitrogens with one attached hydrogen (secondary N) is 2. The molecule has 2 N–H and O–H groups in total. The molecule has 0 radical (unpaired) electrons. The van der Waals surface area contributed by atoms with Gasteiger partial charge in [-0.3, -0.25) is 4.79 Å². The lowest BCUT2D eigenvalue weighted by atomic mass is 9.97. The maximum absolute atomic E-state index is 12.8. The number of pyridine rings is 1. The lowest BCUT2D eigenvalue weighted by Crippen LogP contribution is -2.51. The molecule has 8 nitrogen and oxygen atoms in total. The van der Waals surface area contributed by atoms with Crippen LogP contribution >= 0.6 is 0 Å². The number of carbonyl (C=O) groups is 1. The molecule has 0 saturated carbocycles. The van der Waals surface area contributed by atoms with Gasteiger partial charge in [0.25, 0.3) is 5.91 Å². The van der Waals surface area contributed by atoms with Crippen LogP contribution in [0.3, 0.4) is 0 Å². The molecule has 0 aliphatic carbocycles. The molecule has 9 heteroatoms. The molecule has 2 fully saturated rings. The van der Waals surface area contributed by atoms with E-state index in [9.17, 15) is 13.2 Å². The average Bonchev–Trinajstić information content (AvgIpc) is 2.87. The van der Waals surface area contributed by atoms with Crippen molar-refractivity contribution >= 4 is 21.9 Å². The summed E-state index contributed by atoms with van der Waals surface area (Å²) in [6.07, 6.45) is 2.62. The fourth-order valence-electron chi connectivity index (χ4n) is 3.87. The molecule has 0 spiro atoms. The van der Waals surface area contributed by atoms with Gasteiger partial charge in [0, 0.05) is 44.5 Å². The Balaban J connectivity index is 1.84. The standard InChI is InChI=1S/C17H27N5O3S/c1-13-11-17(2,3)22(12-13)15-14(5-4-6-19-15)16(23)20-26(24,25)21-9-7-18-8-10-21/h4-6,13,18H,7-12H2,1-3H3,(H,20,23)/t13-/m0/s1. The maximum Gasteiger partial charge on any atom is 0.304 e. The number of rotatable bonds is 4. The van der Waals surface area contributed by atoms with Crippen molar-refractivity contribution in [2.45, 2.75) is 32.7 Å². The summed E-state index contributed by atoms with van der Waals surface area (Å²) in [7, 11) is -3.86. The highest BCUT2D eigenvalue weighted by molar-refractivity contribution is 7.87. The van der Waals surface area contributed by atoms with Crippen molar-refractivity contribution in [2.24, 2.45) is 5.92 Å². The van der Waals surface area contributed by atoms with E-state index in [1.807, 2.05) is 0 Å². The molecule has 1 aromatic heterocycles. The SMILES string of the molecule is C[C@@H]1CN(c2ncccc2C(=O)NS(=O)(=O)N2CCNCC2)C(C)(C)C1. The summed E-state index contributed by atoms with van der Waals surface area (Å²) in [6, 6.07) is 3.28. The molecule has 2 aliphatic rings. The molecular weight excluding hydrogens is 354 g/mol. The van der Waals surface area contributed by atoms with Crippen LogP contribution in [-0.4, -0.2) is 61.9 Å². The van der Waals surface area contributed by atoms with Crippen molar-refractivity contribution in [3.05, 3.63) is 23.9 Å². The summed E-state index contributed by atoms with van der Waals surface area (Å²) in [6.45, 7) is 9.03. The Bertz CT molecular complexity index is 774. The highest BCUT2D eigenvalue weighted by atomic mass is 32.2. The third-order valence-corrected chi connectivity index (χ3v) is 6.49. The first-order valence-corrected chi connectivity index (χ1v) is 10.4. The number of hydrogen-bond acceptors (Lipinski definition) is 6. The molecule has 3 heterocycles. The summed E-state index contributed by atoms with van der Waals surface area (Å²) >= 11 is 0. The normalized spacial score (nSPS) is 23.8.